The Morgan fingerprint density at radius 2 is 1.80 bits per heavy atom. The molecule has 1 aromatic rings. The second kappa shape index (κ2) is 9.55. The first-order valence-electron chi connectivity index (χ1n) is 8.83. The van der Waals surface area contributed by atoms with Crippen molar-refractivity contribution in [2.45, 2.75) is 51.0 Å². The van der Waals surface area contributed by atoms with Gasteiger partial charge in [-0.05, 0) is 37.0 Å². The molecule has 1 aliphatic rings. The van der Waals surface area contributed by atoms with Crippen molar-refractivity contribution >= 4 is 27.5 Å². The van der Waals surface area contributed by atoms with Gasteiger partial charge in [0, 0.05) is 30.6 Å². The lowest BCUT2D eigenvalue weighted by Crippen LogP contribution is -2.39. The van der Waals surface area contributed by atoms with Crippen LogP contribution in [-0.2, 0) is 21.2 Å². The van der Waals surface area contributed by atoms with Gasteiger partial charge in [0.05, 0.1) is 6.26 Å². The highest BCUT2D eigenvalue weighted by Crippen LogP contribution is 2.17. The van der Waals surface area contributed by atoms with Crippen LogP contribution in [0.15, 0.2) is 24.3 Å². The summed E-state index contributed by atoms with van der Waals surface area (Å²) in [5.41, 5.74) is 1.02. The zero-order valence-corrected chi connectivity index (χ0v) is 16.3. The molecule has 0 aromatic heterocycles. The quantitative estimate of drug-likeness (QED) is 0.746. The van der Waals surface area contributed by atoms with Crippen molar-refractivity contribution in [3.05, 3.63) is 34.9 Å². The molecule has 1 aromatic carbocycles. The number of carbonyl (C=O) groups excluding carboxylic acids is 1. The second-order valence-corrected chi connectivity index (χ2v) is 9.11. The number of amides is 1. The predicted molar refractivity (Wildman–Crippen MR) is 101 cm³/mol. The Hall–Kier alpha value is -1.11. The van der Waals surface area contributed by atoms with Gasteiger partial charge in [0.25, 0.3) is 0 Å². The summed E-state index contributed by atoms with van der Waals surface area (Å²) in [4.78, 5) is 12.1. The first kappa shape index (κ1) is 20.2. The number of hydrogen-bond donors (Lipinski definition) is 1. The van der Waals surface area contributed by atoms with E-state index in [9.17, 15) is 13.2 Å². The van der Waals surface area contributed by atoms with Crippen LogP contribution in [0.3, 0.4) is 0 Å². The molecule has 1 amide bonds. The molecular weight excluding hydrogens is 360 g/mol. The number of hydrogen-bond acceptors (Lipinski definition) is 3. The van der Waals surface area contributed by atoms with E-state index >= 15 is 0 Å². The largest absolute Gasteiger partial charge is 0.353 e. The van der Waals surface area contributed by atoms with E-state index in [2.05, 4.69) is 5.32 Å². The minimum absolute atomic E-state index is 0.0629. The predicted octanol–water partition coefficient (Wildman–Crippen LogP) is 2.98. The second-order valence-electron chi connectivity index (χ2n) is 6.69. The van der Waals surface area contributed by atoms with Crippen molar-refractivity contribution in [3.63, 3.8) is 0 Å². The van der Waals surface area contributed by atoms with Crippen LogP contribution < -0.4 is 5.32 Å². The van der Waals surface area contributed by atoms with Crippen LogP contribution in [0.1, 0.15) is 44.1 Å². The highest BCUT2D eigenvalue weighted by molar-refractivity contribution is 7.88. The van der Waals surface area contributed by atoms with E-state index < -0.39 is 10.0 Å². The standard InChI is InChI=1S/C18H27ClN2O3S/c1-25(23,24)21(13-11-15-7-9-16(19)10-8-15)14-12-18(22)20-17-5-3-2-4-6-17/h7-10,17H,2-6,11-14H2,1H3,(H,20,22). The van der Waals surface area contributed by atoms with E-state index in [1.807, 2.05) is 12.1 Å². The maximum Gasteiger partial charge on any atom is 0.221 e. The molecule has 0 heterocycles. The summed E-state index contributed by atoms with van der Waals surface area (Å²) in [5, 5.41) is 3.69. The molecule has 0 saturated heterocycles. The minimum atomic E-state index is -3.34. The number of halogens is 1. The summed E-state index contributed by atoms with van der Waals surface area (Å²) >= 11 is 5.86. The number of nitrogens with one attached hydrogen (secondary N) is 1. The van der Waals surface area contributed by atoms with E-state index in [-0.39, 0.29) is 24.9 Å². The molecule has 2 rings (SSSR count). The van der Waals surface area contributed by atoms with Crippen molar-refractivity contribution in [2.24, 2.45) is 0 Å². The van der Waals surface area contributed by atoms with Crippen LogP contribution >= 0.6 is 11.6 Å². The first-order valence-corrected chi connectivity index (χ1v) is 11.1. The topological polar surface area (TPSA) is 66.5 Å². The fourth-order valence-electron chi connectivity index (χ4n) is 3.12. The normalized spacial score (nSPS) is 16.1. The third-order valence-electron chi connectivity index (χ3n) is 4.59. The van der Waals surface area contributed by atoms with Crippen molar-refractivity contribution in [2.75, 3.05) is 19.3 Å². The maximum atomic E-state index is 12.1. The van der Waals surface area contributed by atoms with Crippen LogP contribution in [0.5, 0.6) is 0 Å². The van der Waals surface area contributed by atoms with Gasteiger partial charge in [-0.15, -0.1) is 0 Å². The lowest BCUT2D eigenvalue weighted by atomic mass is 9.95. The molecule has 0 unspecified atom stereocenters. The lowest BCUT2D eigenvalue weighted by molar-refractivity contribution is -0.122. The number of rotatable bonds is 8. The molecule has 140 valence electrons. The summed E-state index contributed by atoms with van der Waals surface area (Å²) in [6, 6.07) is 7.61. The molecule has 1 fully saturated rings. The fraction of sp³-hybridized carbons (Fsp3) is 0.611. The molecule has 0 radical (unpaired) electrons. The van der Waals surface area contributed by atoms with Gasteiger partial charge >= 0.3 is 0 Å². The molecule has 7 heteroatoms. The summed E-state index contributed by atoms with van der Waals surface area (Å²) in [7, 11) is -3.34. The highest BCUT2D eigenvalue weighted by Gasteiger charge is 2.20. The summed E-state index contributed by atoms with van der Waals surface area (Å²) in [5.74, 6) is -0.0629. The molecule has 0 aliphatic heterocycles. The molecule has 0 spiro atoms. The van der Waals surface area contributed by atoms with E-state index in [1.54, 1.807) is 12.1 Å². The van der Waals surface area contributed by atoms with Crippen LogP contribution in [0.4, 0.5) is 0 Å². The van der Waals surface area contributed by atoms with E-state index in [0.717, 1.165) is 31.2 Å². The molecule has 1 saturated carbocycles. The molecule has 1 N–H and O–H groups in total. The monoisotopic (exact) mass is 386 g/mol. The zero-order chi connectivity index (χ0) is 18.3. The Balaban J connectivity index is 1.82. The van der Waals surface area contributed by atoms with Crippen molar-refractivity contribution < 1.29 is 13.2 Å². The molecule has 5 nitrogen and oxygen atoms in total. The SMILES string of the molecule is CS(=O)(=O)N(CCC(=O)NC1CCCCC1)CCc1ccc(Cl)cc1. The number of benzene rings is 1. The average molecular weight is 387 g/mol. The van der Waals surface area contributed by atoms with Crippen molar-refractivity contribution in [1.29, 1.82) is 0 Å². The molecule has 1 aliphatic carbocycles. The molecule has 25 heavy (non-hydrogen) atoms. The van der Waals surface area contributed by atoms with Gasteiger partial charge in [-0.1, -0.05) is 43.0 Å². The van der Waals surface area contributed by atoms with Gasteiger partial charge in [0.1, 0.15) is 0 Å². The van der Waals surface area contributed by atoms with Crippen LogP contribution in [-0.4, -0.2) is 44.0 Å². The van der Waals surface area contributed by atoms with Crippen LogP contribution in [0.2, 0.25) is 5.02 Å². The summed E-state index contributed by atoms with van der Waals surface area (Å²) < 4.78 is 25.3. The minimum Gasteiger partial charge on any atom is -0.353 e. The lowest BCUT2D eigenvalue weighted by Gasteiger charge is -2.24. The first-order chi connectivity index (χ1) is 11.8. The molecule has 0 bridgehead atoms. The summed E-state index contributed by atoms with van der Waals surface area (Å²) in [6.45, 7) is 0.572. The zero-order valence-electron chi connectivity index (χ0n) is 14.7. The smallest absolute Gasteiger partial charge is 0.221 e. The van der Waals surface area contributed by atoms with E-state index in [4.69, 9.17) is 11.6 Å². The Kier molecular flexibility index (Phi) is 7.72. The third kappa shape index (κ3) is 7.34. The number of nitrogens with zero attached hydrogens (tertiary/aromatic N) is 1. The van der Waals surface area contributed by atoms with Crippen molar-refractivity contribution in [3.8, 4) is 0 Å². The Morgan fingerprint density at radius 3 is 2.40 bits per heavy atom. The maximum absolute atomic E-state index is 12.1. The Labute approximate surface area is 155 Å². The van der Waals surface area contributed by atoms with Gasteiger partial charge in [0.2, 0.25) is 15.9 Å². The van der Waals surface area contributed by atoms with Crippen LogP contribution in [0, 0.1) is 0 Å². The Bertz CT molecular complexity index is 655. The van der Waals surface area contributed by atoms with Crippen molar-refractivity contribution in [1.82, 2.24) is 9.62 Å². The van der Waals surface area contributed by atoms with Gasteiger partial charge in [-0.3, -0.25) is 4.79 Å². The van der Waals surface area contributed by atoms with Gasteiger partial charge in [-0.25, -0.2) is 12.7 Å². The van der Waals surface area contributed by atoms with Gasteiger partial charge < -0.3 is 5.32 Å². The van der Waals surface area contributed by atoms with E-state index in [1.165, 1.54) is 17.0 Å². The third-order valence-corrected chi connectivity index (χ3v) is 6.15. The van der Waals surface area contributed by atoms with Crippen LogP contribution in [0.25, 0.3) is 0 Å². The number of sulfonamides is 1. The molecule has 0 atom stereocenters. The van der Waals surface area contributed by atoms with E-state index in [0.29, 0.717) is 18.0 Å². The number of carbonyl (C=O) groups is 1. The fourth-order valence-corrected chi connectivity index (χ4v) is 4.09. The average Bonchev–Trinajstić information content (AvgIpc) is 2.56. The Morgan fingerprint density at radius 1 is 1.16 bits per heavy atom. The highest BCUT2D eigenvalue weighted by atomic mass is 35.5. The summed E-state index contributed by atoms with van der Waals surface area (Å²) in [6.07, 6.45) is 7.57. The van der Waals surface area contributed by atoms with Gasteiger partial charge in [0.15, 0.2) is 0 Å². The van der Waals surface area contributed by atoms with Gasteiger partial charge in [-0.2, -0.15) is 0 Å². The molecular formula is C18H27ClN2O3S.